The highest BCUT2D eigenvalue weighted by Crippen LogP contribution is 2.43. The van der Waals surface area contributed by atoms with Gasteiger partial charge in [0.2, 0.25) is 11.4 Å². The van der Waals surface area contributed by atoms with Crippen LogP contribution in [0.5, 0.6) is 0 Å². The molecule has 2 aromatic heterocycles. The summed E-state index contributed by atoms with van der Waals surface area (Å²) < 4.78 is 4.89. The summed E-state index contributed by atoms with van der Waals surface area (Å²) in [4.78, 5) is 0. The molecule has 256 valence electrons. The van der Waals surface area contributed by atoms with Crippen LogP contribution in [0.1, 0.15) is 69.7 Å². The molecule has 0 amide bonds. The summed E-state index contributed by atoms with van der Waals surface area (Å²) in [6.07, 6.45) is 5.56. The lowest BCUT2D eigenvalue weighted by atomic mass is 9.77. The molecule has 3 heterocycles. The maximum absolute atomic E-state index is 2.55. The highest BCUT2D eigenvalue weighted by molar-refractivity contribution is 6.12. The molecule has 2 nitrogen and oxygen atoms in total. The first-order chi connectivity index (χ1) is 25.0. The van der Waals surface area contributed by atoms with Crippen molar-refractivity contribution in [2.24, 2.45) is 7.05 Å². The Labute approximate surface area is 308 Å². The van der Waals surface area contributed by atoms with E-state index in [9.17, 15) is 0 Å². The van der Waals surface area contributed by atoms with Gasteiger partial charge in [-0.25, -0.2) is 4.57 Å². The van der Waals surface area contributed by atoms with Crippen LogP contribution in [0.15, 0.2) is 134 Å². The lowest BCUT2D eigenvalue weighted by Gasteiger charge is -2.28. The van der Waals surface area contributed by atoms with E-state index in [1.54, 1.807) is 0 Å². The Kier molecular flexibility index (Phi) is 7.42. The average molecular weight is 677 g/mol. The summed E-state index contributed by atoms with van der Waals surface area (Å²) in [6.45, 7) is 14.9. The molecule has 1 unspecified atom stereocenters. The number of aromatic nitrogens is 2. The molecule has 2 heteroatoms. The fourth-order valence-corrected chi connectivity index (χ4v) is 8.80. The second-order valence-corrected chi connectivity index (χ2v) is 17.2. The van der Waals surface area contributed by atoms with Crippen LogP contribution in [-0.4, -0.2) is 0 Å². The van der Waals surface area contributed by atoms with E-state index in [1.165, 1.54) is 87.9 Å². The van der Waals surface area contributed by atoms with Crippen molar-refractivity contribution < 1.29 is 9.13 Å². The molecule has 1 aliphatic rings. The normalized spacial score (nSPS) is 14.6. The van der Waals surface area contributed by atoms with Gasteiger partial charge in [0.25, 0.3) is 0 Å². The van der Waals surface area contributed by atoms with E-state index in [0.717, 1.165) is 13.0 Å². The minimum absolute atomic E-state index is 0.0317. The molecule has 1 atom stereocenters. The van der Waals surface area contributed by atoms with Crippen molar-refractivity contribution in [1.29, 1.82) is 0 Å². The van der Waals surface area contributed by atoms with Gasteiger partial charge in [-0.3, -0.25) is 0 Å². The van der Waals surface area contributed by atoms with Crippen LogP contribution < -0.4 is 9.13 Å². The van der Waals surface area contributed by atoms with Crippen molar-refractivity contribution in [3.63, 3.8) is 0 Å². The third kappa shape index (κ3) is 5.31. The summed E-state index contributed by atoms with van der Waals surface area (Å²) in [5.41, 5.74) is 11.0. The third-order valence-electron chi connectivity index (χ3n) is 11.7. The lowest BCUT2D eigenvalue weighted by molar-refractivity contribution is -0.689. The summed E-state index contributed by atoms with van der Waals surface area (Å²) in [6, 6.07) is 46.2. The summed E-state index contributed by atoms with van der Waals surface area (Å²) >= 11 is 0. The molecule has 0 saturated heterocycles. The molecule has 1 aliphatic heterocycles. The fourth-order valence-electron chi connectivity index (χ4n) is 8.80. The van der Waals surface area contributed by atoms with E-state index >= 15 is 0 Å². The molecule has 6 aromatic carbocycles. The number of benzene rings is 6. The first-order valence-electron chi connectivity index (χ1n) is 18.9. The van der Waals surface area contributed by atoms with Crippen LogP contribution in [0.2, 0.25) is 0 Å². The van der Waals surface area contributed by atoms with Gasteiger partial charge in [-0.15, -0.1) is 0 Å². The van der Waals surface area contributed by atoms with Crippen molar-refractivity contribution >= 4 is 43.1 Å². The maximum Gasteiger partial charge on any atom is 0.220 e. The van der Waals surface area contributed by atoms with Gasteiger partial charge in [0, 0.05) is 28.8 Å². The summed E-state index contributed by atoms with van der Waals surface area (Å²) in [5, 5.41) is 10.5. The number of aryl methyl sites for hydroxylation is 1. The molecule has 0 fully saturated rings. The van der Waals surface area contributed by atoms with Crippen LogP contribution in [-0.2, 0) is 30.8 Å². The first kappa shape index (κ1) is 32.6. The predicted molar refractivity (Wildman–Crippen MR) is 219 cm³/mol. The maximum atomic E-state index is 2.55. The molecule has 0 aliphatic carbocycles. The van der Waals surface area contributed by atoms with Crippen LogP contribution in [0, 0.1) is 0 Å². The Morgan fingerprint density at radius 1 is 0.519 bits per heavy atom. The number of pyridine rings is 2. The zero-order chi connectivity index (χ0) is 35.9. The highest BCUT2D eigenvalue weighted by atomic mass is 15.0. The monoisotopic (exact) mass is 676 g/mol. The number of hydrogen-bond donors (Lipinski definition) is 0. The van der Waals surface area contributed by atoms with Crippen molar-refractivity contribution in [1.82, 2.24) is 0 Å². The number of rotatable bonds is 3. The van der Waals surface area contributed by atoms with Gasteiger partial charge in [0.15, 0.2) is 18.9 Å². The Hall–Kier alpha value is -5.34. The molecule has 0 spiro atoms. The molecule has 8 aromatic rings. The molecule has 52 heavy (non-hydrogen) atoms. The molecular weight excluding hydrogens is 629 g/mol. The SMILES string of the molecule is C[n+]1ccc2c(ccc3ccccc32)c1-c1cc(C(C)(C)C)ccc1CC1C[n+]2ccc3c(ccc4ccccc43)c2-c2cc(C(C)(C)C)ccc21. The van der Waals surface area contributed by atoms with E-state index in [0.29, 0.717) is 5.92 Å². The molecule has 0 N–H and O–H groups in total. The minimum atomic E-state index is 0.0317. The number of hydrogen-bond acceptors (Lipinski definition) is 0. The standard InChI is InChI=1S/C50H48N2/c1-49(2,3)36-19-16-34(45(29-36)47-43-21-17-32-12-8-10-14-38(32)41(43)24-26-51(47)7)28-35-31-52-27-25-42-39-15-11-9-13-33(39)18-22-44(42)48(52)46-30-37(50(4,5)6)20-23-40(35)46/h8-27,29-30,35H,28,31H2,1-7H3/q+2. The molecule has 0 radical (unpaired) electrons. The van der Waals surface area contributed by atoms with Gasteiger partial charge in [-0.1, -0.05) is 126 Å². The van der Waals surface area contributed by atoms with Gasteiger partial charge in [-0.2, -0.15) is 4.57 Å². The lowest BCUT2D eigenvalue weighted by Crippen LogP contribution is -2.43. The Morgan fingerprint density at radius 3 is 1.71 bits per heavy atom. The Bertz CT molecular complexity index is 2720. The van der Waals surface area contributed by atoms with Gasteiger partial charge >= 0.3 is 0 Å². The first-order valence-corrected chi connectivity index (χ1v) is 18.9. The molecule has 0 bridgehead atoms. The van der Waals surface area contributed by atoms with Gasteiger partial charge in [0.1, 0.15) is 7.05 Å². The van der Waals surface area contributed by atoms with Crippen LogP contribution in [0.4, 0.5) is 0 Å². The molecule has 0 saturated carbocycles. The van der Waals surface area contributed by atoms with Crippen LogP contribution in [0.25, 0.3) is 65.6 Å². The van der Waals surface area contributed by atoms with Crippen molar-refractivity contribution in [2.45, 2.75) is 71.3 Å². The van der Waals surface area contributed by atoms with Crippen molar-refractivity contribution in [3.8, 4) is 22.5 Å². The summed E-state index contributed by atoms with van der Waals surface area (Å²) in [5.74, 6) is 0.319. The van der Waals surface area contributed by atoms with E-state index in [2.05, 4.69) is 191 Å². The predicted octanol–water partition coefficient (Wildman–Crippen LogP) is 11.7. The minimum Gasteiger partial charge on any atom is -0.200 e. The van der Waals surface area contributed by atoms with Crippen molar-refractivity contribution in [3.05, 3.63) is 156 Å². The molecule has 9 rings (SSSR count). The van der Waals surface area contributed by atoms with Gasteiger partial charge in [0.05, 0.1) is 21.9 Å². The van der Waals surface area contributed by atoms with Gasteiger partial charge in [-0.05, 0) is 85.3 Å². The second kappa shape index (κ2) is 11.9. The zero-order valence-electron chi connectivity index (χ0n) is 31.6. The summed E-state index contributed by atoms with van der Waals surface area (Å²) in [7, 11) is 2.21. The Balaban J connectivity index is 1.25. The smallest absolute Gasteiger partial charge is 0.200 e. The molecular formula is C50H48N2+2. The van der Waals surface area contributed by atoms with E-state index in [4.69, 9.17) is 0 Å². The van der Waals surface area contributed by atoms with Crippen molar-refractivity contribution in [2.75, 3.05) is 0 Å². The number of fused-ring (bicyclic) bond motifs is 10. The topological polar surface area (TPSA) is 7.76 Å². The van der Waals surface area contributed by atoms with Crippen LogP contribution >= 0.6 is 0 Å². The highest BCUT2D eigenvalue weighted by Gasteiger charge is 2.35. The quantitative estimate of drug-likeness (QED) is 0.130. The van der Waals surface area contributed by atoms with E-state index < -0.39 is 0 Å². The number of nitrogens with zero attached hydrogens (tertiary/aromatic N) is 2. The second-order valence-electron chi connectivity index (χ2n) is 17.2. The largest absolute Gasteiger partial charge is 0.220 e. The van der Waals surface area contributed by atoms with Crippen LogP contribution in [0.3, 0.4) is 0 Å². The van der Waals surface area contributed by atoms with E-state index in [-0.39, 0.29) is 10.8 Å². The van der Waals surface area contributed by atoms with E-state index in [1.807, 2.05) is 0 Å². The zero-order valence-corrected chi connectivity index (χ0v) is 31.6. The third-order valence-corrected chi connectivity index (χ3v) is 11.7. The van der Waals surface area contributed by atoms with Gasteiger partial charge < -0.3 is 0 Å². The fraction of sp³-hybridized carbons (Fsp3) is 0.240. The average Bonchev–Trinajstić information content (AvgIpc) is 3.13. The Morgan fingerprint density at radius 2 is 1.08 bits per heavy atom.